The zero-order valence-electron chi connectivity index (χ0n) is 13.1. The van der Waals surface area contributed by atoms with E-state index < -0.39 is 10.0 Å². The first-order chi connectivity index (χ1) is 10.5. The van der Waals surface area contributed by atoms with Crippen molar-refractivity contribution in [3.8, 4) is 0 Å². The Morgan fingerprint density at radius 2 is 2.00 bits per heavy atom. The third-order valence-electron chi connectivity index (χ3n) is 3.57. The molecule has 0 spiro atoms. The van der Waals surface area contributed by atoms with Gasteiger partial charge in [0.15, 0.2) is 0 Å². The van der Waals surface area contributed by atoms with Crippen LogP contribution in [0.15, 0.2) is 39.2 Å². The van der Waals surface area contributed by atoms with E-state index in [2.05, 4.69) is 23.5 Å². The first-order valence-corrected chi connectivity index (χ1v) is 9.61. The van der Waals surface area contributed by atoms with E-state index >= 15 is 0 Å². The van der Waals surface area contributed by atoms with Crippen molar-refractivity contribution in [2.24, 2.45) is 0 Å². The standard InChI is InChI=1S/C15H22N2O3S2/c1-4-17(5-2)13(14-7-6-10-20-14)11-16-22(18,19)15-9-8-12(3)21-15/h6-10,13,16H,4-5,11H2,1-3H3/t13-/m0/s1. The van der Waals surface area contributed by atoms with Gasteiger partial charge >= 0.3 is 0 Å². The molecule has 2 rings (SSSR count). The molecule has 7 heteroatoms. The quantitative estimate of drug-likeness (QED) is 0.801. The molecule has 2 aromatic rings. The van der Waals surface area contributed by atoms with E-state index in [1.165, 1.54) is 11.3 Å². The minimum absolute atomic E-state index is 0.110. The van der Waals surface area contributed by atoms with Gasteiger partial charge in [-0.05, 0) is 44.3 Å². The van der Waals surface area contributed by atoms with Gasteiger partial charge in [-0.2, -0.15) is 0 Å². The summed E-state index contributed by atoms with van der Waals surface area (Å²) < 4.78 is 33.3. The molecule has 2 heterocycles. The Kier molecular flexibility index (Phi) is 5.80. The van der Waals surface area contributed by atoms with Gasteiger partial charge in [-0.25, -0.2) is 13.1 Å². The fraction of sp³-hybridized carbons (Fsp3) is 0.467. The Labute approximate surface area is 136 Å². The second kappa shape index (κ2) is 7.41. The van der Waals surface area contributed by atoms with Crippen molar-refractivity contribution in [2.45, 2.75) is 31.0 Å². The highest BCUT2D eigenvalue weighted by molar-refractivity contribution is 7.91. The van der Waals surface area contributed by atoms with Crippen LogP contribution in [0.3, 0.4) is 0 Å². The summed E-state index contributed by atoms with van der Waals surface area (Å²) in [5.41, 5.74) is 0. The molecule has 0 saturated carbocycles. The van der Waals surface area contributed by atoms with E-state index in [1.54, 1.807) is 12.3 Å². The maximum atomic E-state index is 12.4. The average Bonchev–Trinajstić information content (AvgIpc) is 3.15. The van der Waals surface area contributed by atoms with Gasteiger partial charge in [0.2, 0.25) is 10.0 Å². The molecular weight excluding hydrogens is 320 g/mol. The molecule has 0 radical (unpaired) electrons. The molecule has 1 atom stereocenters. The smallest absolute Gasteiger partial charge is 0.250 e. The van der Waals surface area contributed by atoms with Crippen LogP contribution in [-0.2, 0) is 10.0 Å². The third-order valence-corrected chi connectivity index (χ3v) is 6.49. The minimum Gasteiger partial charge on any atom is -0.468 e. The lowest BCUT2D eigenvalue weighted by Crippen LogP contribution is -2.37. The molecule has 0 bridgehead atoms. The predicted molar refractivity (Wildman–Crippen MR) is 88.6 cm³/mol. The number of likely N-dealkylation sites (N-methyl/N-ethyl adjacent to an activating group) is 1. The maximum Gasteiger partial charge on any atom is 0.250 e. The lowest BCUT2D eigenvalue weighted by Gasteiger charge is -2.28. The largest absolute Gasteiger partial charge is 0.468 e. The molecule has 0 aromatic carbocycles. The van der Waals surface area contributed by atoms with E-state index in [4.69, 9.17) is 4.42 Å². The summed E-state index contributed by atoms with van der Waals surface area (Å²) in [5, 5.41) is 0. The van der Waals surface area contributed by atoms with Crippen molar-refractivity contribution < 1.29 is 12.8 Å². The summed E-state index contributed by atoms with van der Waals surface area (Å²) in [6, 6.07) is 7.05. The average molecular weight is 342 g/mol. The number of aryl methyl sites for hydroxylation is 1. The molecule has 1 N–H and O–H groups in total. The van der Waals surface area contributed by atoms with Gasteiger partial charge in [0.25, 0.3) is 0 Å². The fourth-order valence-electron chi connectivity index (χ4n) is 2.37. The van der Waals surface area contributed by atoms with E-state index in [0.29, 0.717) is 4.21 Å². The monoisotopic (exact) mass is 342 g/mol. The van der Waals surface area contributed by atoms with Crippen LogP contribution in [-0.4, -0.2) is 33.0 Å². The number of nitrogens with zero attached hydrogens (tertiary/aromatic N) is 1. The van der Waals surface area contributed by atoms with Crippen molar-refractivity contribution in [2.75, 3.05) is 19.6 Å². The first-order valence-electron chi connectivity index (χ1n) is 7.31. The summed E-state index contributed by atoms with van der Waals surface area (Å²) in [4.78, 5) is 3.15. The number of sulfonamides is 1. The van der Waals surface area contributed by atoms with E-state index in [9.17, 15) is 8.42 Å². The highest BCUT2D eigenvalue weighted by Gasteiger charge is 2.24. The summed E-state index contributed by atoms with van der Waals surface area (Å²) in [7, 11) is -3.48. The Morgan fingerprint density at radius 3 is 2.50 bits per heavy atom. The van der Waals surface area contributed by atoms with Crippen molar-refractivity contribution in [1.29, 1.82) is 0 Å². The summed E-state index contributed by atoms with van der Waals surface area (Å²) in [6.07, 6.45) is 1.61. The Balaban J connectivity index is 2.14. The van der Waals surface area contributed by atoms with Crippen LogP contribution in [0.2, 0.25) is 0 Å². The molecule has 22 heavy (non-hydrogen) atoms. The van der Waals surface area contributed by atoms with E-state index in [0.717, 1.165) is 23.7 Å². The number of nitrogens with one attached hydrogen (secondary N) is 1. The molecular formula is C15H22N2O3S2. The van der Waals surface area contributed by atoms with Gasteiger partial charge < -0.3 is 4.42 Å². The Hall–Kier alpha value is -1.15. The van der Waals surface area contributed by atoms with Gasteiger partial charge in [0.1, 0.15) is 9.97 Å². The van der Waals surface area contributed by atoms with Gasteiger partial charge in [-0.3, -0.25) is 4.90 Å². The molecule has 0 amide bonds. The van der Waals surface area contributed by atoms with Crippen LogP contribution in [0.4, 0.5) is 0 Å². The zero-order valence-corrected chi connectivity index (χ0v) is 14.7. The van der Waals surface area contributed by atoms with Crippen molar-refractivity contribution in [3.63, 3.8) is 0 Å². The van der Waals surface area contributed by atoms with Crippen LogP contribution >= 0.6 is 11.3 Å². The van der Waals surface area contributed by atoms with Crippen LogP contribution in [0.25, 0.3) is 0 Å². The topological polar surface area (TPSA) is 62.6 Å². The third kappa shape index (κ3) is 3.98. The summed E-state index contributed by atoms with van der Waals surface area (Å²) >= 11 is 1.28. The second-order valence-electron chi connectivity index (χ2n) is 4.97. The highest BCUT2D eigenvalue weighted by Crippen LogP contribution is 2.23. The Morgan fingerprint density at radius 1 is 1.27 bits per heavy atom. The van der Waals surface area contributed by atoms with Crippen LogP contribution < -0.4 is 4.72 Å². The number of thiophene rings is 1. The molecule has 2 aromatic heterocycles. The fourth-order valence-corrected chi connectivity index (χ4v) is 4.74. The molecule has 0 aliphatic rings. The zero-order chi connectivity index (χ0) is 16.2. The van der Waals surface area contributed by atoms with Crippen LogP contribution in [0.1, 0.15) is 30.5 Å². The lowest BCUT2D eigenvalue weighted by atomic mass is 10.2. The van der Waals surface area contributed by atoms with Gasteiger partial charge in [0.05, 0.1) is 12.3 Å². The molecule has 0 aliphatic carbocycles. The van der Waals surface area contributed by atoms with Crippen LogP contribution in [0, 0.1) is 6.92 Å². The highest BCUT2D eigenvalue weighted by atomic mass is 32.2. The van der Waals surface area contributed by atoms with Crippen LogP contribution in [0.5, 0.6) is 0 Å². The SMILES string of the molecule is CCN(CC)[C@@H](CNS(=O)(=O)c1ccc(C)s1)c1ccco1. The molecule has 0 fully saturated rings. The van der Waals surface area contributed by atoms with Gasteiger partial charge in [0, 0.05) is 11.4 Å². The Bertz CT molecular complexity index is 673. The van der Waals surface area contributed by atoms with E-state index in [-0.39, 0.29) is 12.6 Å². The second-order valence-corrected chi connectivity index (χ2v) is 8.25. The van der Waals surface area contributed by atoms with Crippen molar-refractivity contribution in [1.82, 2.24) is 9.62 Å². The van der Waals surface area contributed by atoms with Gasteiger partial charge in [-0.1, -0.05) is 13.8 Å². The first kappa shape index (κ1) is 17.2. The summed E-state index contributed by atoms with van der Waals surface area (Å²) in [5.74, 6) is 0.772. The predicted octanol–water partition coefficient (Wildman–Crippen LogP) is 3.01. The molecule has 0 saturated heterocycles. The molecule has 5 nitrogen and oxygen atoms in total. The van der Waals surface area contributed by atoms with Crippen molar-refractivity contribution in [3.05, 3.63) is 41.2 Å². The molecule has 122 valence electrons. The van der Waals surface area contributed by atoms with Gasteiger partial charge in [-0.15, -0.1) is 11.3 Å². The number of hydrogen-bond donors (Lipinski definition) is 1. The maximum absolute atomic E-state index is 12.4. The minimum atomic E-state index is -3.48. The van der Waals surface area contributed by atoms with Crippen molar-refractivity contribution >= 4 is 21.4 Å². The number of rotatable bonds is 8. The van der Waals surface area contributed by atoms with E-state index in [1.807, 2.05) is 25.1 Å². The number of hydrogen-bond acceptors (Lipinski definition) is 5. The number of furan rings is 1. The molecule has 0 unspecified atom stereocenters. The summed E-state index contributed by atoms with van der Waals surface area (Å²) in [6.45, 7) is 7.93. The lowest BCUT2D eigenvalue weighted by molar-refractivity contribution is 0.194. The molecule has 0 aliphatic heterocycles. The normalized spacial score (nSPS) is 13.6.